The summed E-state index contributed by atoms with van der Waals surface area (Å²) in [7, 11) is 3.27. The summed E-state index contributed by atoms with van der Waals surface area (Å²) >= 11 is 0. The topological polar surface area (TPSA) is 98.2 Å². The first kappa shape index (κ1) is 17.8. The number of carbonyl (C=O) groups is 1. The minimum absolute atomic E-state index is 0.113. The molecule has 0 unspecified atom stereocenters. The first-order valence-corrected chi connectivity index (χ1v) is 9.79. The molecule has 29 heavy (non-hydrogen) atoms. The van der Waals surface area contributed by atoms with Crippen LogP contribution in [0.4, 0.5) is 5.69 Å². The van der Waals surface area contributed by atoms with Gasteiger partial charge in [-0.05, 0) is 18.9 Å². The number of amides is 1. The molecular weight excluding hydrogens is 372 g/mol. The van der Waals surface area contributed by atoms with Crippen LogP contribution in [-0.2, 0) is 11.8 Å². The number of ether oxygens (including phenoxy) is 2. The summed E-state index contributed by atoms with van der Waals surface area (Å²) in [6, 6.07) is 3.63. The zero-order valence-corrected chi connectivity index (χ0v) is 16.3. The molecule has 0 radical (unpaired) electrons. The van der Waals surface area contributed by atoms with Crippen molar-refractivity contribution in [1.29, 1.82) is 0 Å². The van der Waals surface area contributed by atoms with Gasteiger partial charge in [0.1, 0.15) is 11.3 Å². The molecule has 3 heterocycles. The van der Waals surface area contributed by atoms with Crippen molar-refractivity contribution in [3.8, 4) is 22.6 Å². The second-order valence-corrected chi connectivity index (χ2v) is 7.74. The highest BCUT2D eigenvalue weighted by Gasteiger charge is 2.37. The largest absolute Gasteiger partial charge is 0.497 e. The molecule has 8 heteroatoms. The Labute approximate surface area is 166 Å². The van der Waals surface area contributed by atoms with Crippen LogP contribution in [0.2, 0.25) is 0 Å². The Morgan fingerprint density at radius 3 is 2.76 bits per heavy atom. The summed E-state index contributed by atoms with van der Waals surface area (Å²) in [5, 5.41) is 10.5. The second-order valence-electron chi connectivity index (χ2n) is 7.74. The number of hydrogen-bond acceptors (Lipinski definition) is 5. The maximum atomic E-state index is 12.7. The van der Waals surface area contributed by atoms with Crippen molar-refractivity contribution in [2.45, 2.75) is 31.8 Å². The molecule has 0 saturated heterocycles. The number of nitrogens with one attached hydrogen (secondary N) is 2. The lowest BCUT2D eigenvalue weighted by Gasteiger charge is -2.31. The van der Waals surface area contributed by atoms with E-state index in [-0.39, 0.29) is 17.4 Å². The van der Waals surface area contributed by atoms with Crippen molar-refractivity contribution in [2.75, 3.05) is 12.4 Å². The Kier molecular flexibility index (Phi) is 4.08. The molecule has 2 aromatic heterocycles. The van der Waals surface area contributed by atoms with Crippen LogP contribution in [0.15, 0.2) is 29.3 Å². The van der Waals surface area contributed by atoms with Crippen LogP contribution in [0.25, 0.3) is 22.0 Å². The average molecular weight is 394 g/mol. The zero-order valence-electron chi connectivity index (χ0n) is 16.3. The highest BCUT2D eigenvalue weighted by atomic mass is 16.5. The first-order valence-electron chi connectivity index (χ1n) is 9.79. The number of methoxy groups -OCH3 is 1. The molecule has 2 N–H and O–H groups in total. The maximum Gasteiger partial charge on any atom is 0.276 e. The van der Waals surface area contributed by atoms with Gasteiger partial charge in [-0.1, -0.05) is 12.8 Å². The molecular formula is C21H22N4O4. The molecule has 3 aromatic rings. The van der Waals surface area contributed by atoms with E-state index in [0.29, 0.717) is 28.1 Å². The van der Waals surface area contributed by atoms with Crippen LogP contribution in [0.3, 0.4) is 0 Å². The lowest BCUT2D eigenvalue weighted by molar-refractivity contribution is -0.125. The van der Waals surface area contributed by atoms with Crippen LogP contribution in [0, 0.1) is 5.92 Å². The fourth-order valence-electron chi connectivity index (χ4n) is 4.46. The number of benzene rings is 1. The number of rotatable bonds is 3. The Morgan fingerprint density at radius 2 is 2.00 bits per heavy atom. The lowest BCUT2D eigenvalue weighted by Crippen LogP contribution is -2.41. The number of nitrogens with zero attached hydrogens (tertiary/aromatic N) is 2. The van der Waals surface area contributed by atoms with E-state index in [1.54, 1.807) is 32.6 Å². The van der Waals surface area contributed by atoms with Gasteiger partial charge >= 0.3 is 0 Å². The quantitative estimate of drug-likeness (QED) is 0.712. The molecule has 0 spiro atoms. The van der Waals surface area contributed by atoms with E-state index in [0.717, 1.165) is 36.8 Å². The van der Waals surface area contributed by atoms with Crippen LogP contribution in [0.1, 0.15) is 25.7 Å². The van der Waals surface area contributed by atoms with Crippen LogP contribution < -0.4 is 20.3 Å². The van der Waals surface area contributed by atoms with Gasteiger partial charge in [-0.25, -0.2) is 0 Å². The van der Waals surface area contributed by atoms with Gasteiger partial charge in [-0.3, -0.25) is 14.7 Å². The number of aryl methyl sites for hydroxylation is 1. The molecule has 1 amide bonds. The smallest absolute Gasteiger partial charge is 0.276 e. The van der Waals surface area contributed by atoms with E-state index in [4.69, 9.17) is 9.47 Å². The molecule has 1 atom stereocenters. The molecule has 150 valence electrons. The van der Waals surface area contributed by atoms with Crippen molar-refractivity contribution in [2.24, 2.45) is 13.0 Å². The van der Waals surface area contributed by atoms with Gasteiger partial charge in [0, 0.05) is 41.7 Å². The Hall–Kier alpha value is -3.29. The fraction of sp³-hybridized carbons (Fsp3) is 0.381. The number of H-pyrrole nitrogens is 1. The third-order valence-corrected chi connectivity index (χ3v) is 5.96. The number of anilines is 1. The van der Waals surface area contributed by atoms with Gasteiger partial charge in [-0.2, -0.15) is 5.10 Å². The molecule has 0 bridgehead atoms. The van der Waals surface area contributed by atoms with Crippen molar-refractivity contribution in [3.63, 3.8) is 0 Å². The molecule has 1 fully saturated rings. The highest BCUT2D eigenvalue weighted by Crippen LogP contribution is 2.46. The van der Waals surface area contributed by atoms with Crippen molar-refractivity contribution < 1.29 is 14.3 Å². The van der Waals surface area contributed by atoms with Gasteiger partial charge in [0.25, 0.3) is 11.5 Å². The van der Waals surface area contributed by atoms with Gasteiger partial charge in [-0.15, -0.1) is 0 Å². The summed E-state index contributed by atoms with van der Waals surface area (Å²) < 4.78 is 13.3. The summed E-state index contributed by atoms with van der Waals surface area (Å²) in [6.45, 7) is 0. The zero-order chi connectivity index (χ0) is 20.1. The van der Waals surface area contributed by atoms with E-state index < -0.39 is 6.10 Å². The van der Waals surface area contributed by atoms with Crippen molar-refractivity contribution in [1.82, 2.24) is 14.8 Å². The average Bonchev–Trinajstić information content (AvgIpc) is 3.41. The third kappa shape index (κ3) is 2.78. The molecule has 1 aliphatic heterocycles. The fourth-order valence-corrected chi connectivity index (χ4v) is 4.46. The minimum atomic E-state index is -0.510. The monoisotopic (exact) mass is 394 g/mol. The van der Waals surface area contributed by atoms with E-state index in [1.807, 2.05) is 6.07 Å². The number of pyridine rings is 1. The normalized spacial score (nSPS) is 19.1. The lowest BCUT2D eigenvalue weighted by atomic mass is 9.96. The molecule has 1 aliphatic carbocycles. The van der Waals surface area contributed by atoms with Crippen LogP contribution >= 0.6 is 0 Å². The molecule has 1 aromatic carbocycles. The highest BCUT2D eigenvalue weighted by molar-refractivity contribution is 6.03. The Morgan fingerprint density at radius 1 is 1.21 bits per heavy atom. The number of hydrogen-bond donors (Lipinski definition) is 2. The molecule has 2 aliphatic rings. The molecule has 5 rings (SSSR count). The predicted molar refractivity (Wildman–Crippen MR) is 108 cm³/mol. The number of fused-ring (bicyclic) bond motifs is 2. The Bertz CT molecular complexity index is 1170. The predicted octanol–water partition coefficient (Wildman–Crippen LogP) is 2.83. The summed E-state index contributed by atoms with van der Waals surface area (Å²) in [5.74, 6) is 1.29. The molecule has 1 saturated carbocycles. The maximum absolute atomic E-state index is 12.7. The van der Waals surface area contributed by atoms with Gasteiger partial charge < -0.3 is 19.4 Å². The van der Waals surface area contributed by atoms with E-state index >= 15 is 0 Å². The Balaban J connectivity index is 1.72. The van der Waals surface area contributed by atoms with Crippen LogP contribution in [0.5, 0.6) is 11.5 Å². The number of aromatic amines is 1. The van der Waals surface area contributed by atoms with Crippen molar-refractivity contribution in [3.05, 3.63) is 34.9 Å². The summed E-state index contributed by atoms with van der Waals surface area (Å²) in [6.07, 6.45) is 7.11. The first-order chi connectivity index (χ1) is 14.1. The molecule has 8 nitrogen and oxygen atoms in total. The van der Waals surface area contributed by atoms with Crippen LogP contribution in [-0.4, -0.2) is 33.9 Å². The third-order valence-electron chi connectivity index (χ3n) is 5.96. The minimum Gasteiger partial charge on any atom is -0.497 e. The van der Waals surface area contributed by atoms with E-state index in [1.165, 1.54) is 4.57 Å². The second kappa shape index (κ2) is 6.65. The summed E-state index contributed by atoms with van der Waals surface area (Å²) in [4.78, 5) is 25.2. The van der Waals surface area contributed by atoms with Crippen molar-refractivity contribution >= 4 is 22.5 Å². The standard InChI is InChI=1S/C21H22N4O4/c1-25-10-15(14-9-22-24-17(14)21(25)27)13-7-12(28-2)8-16-19(13)29-18(20(26)23-16)11-5-3-4-6-11/h7-11,18H,3-6H2,1-2H3,(H,22,24)(H,23,26)/t18-/m1/s1. The van der Waals surface area contributed by atoms with E-state index in [9.17, 15) is 9.59 Å². The summed E-state index contributed by atoms with van der Waals surface area (Å²) in [5.41, 5.74) is 2.38. The number of aromatic nitrogens is 3. The van der Waals surface area contributed by atoms with Gasteiger partial charge in [0.05, 0.1) is 19.0 Å². The number of carbonyl (C=O) groups excluding carboxylic acids is 1. The van der Waals surface area contributed by atoms with Gasteiger partial charge in [0.2, 0.25) is 0 Å². The van der Waals surface area contributed by atoms with Gasteiger partial charge in [0.15, 0.2) is 11.9 Å². The van der Waals surface area contributed by atoms with E-state index in [2.05, 4.69) is 15.5 Å². The SMILES string of the molecule is COc1cc2c(c(-c3cn(C)c(=O)c4[nH]ncc34)c1)O[C@H](C1CCCC1)C(=O)N2.